The summed E-state index contributed by atoms with van der Waals surface area (Å²) >= 11 is 0. The molecule has 0 aromatic carbocycles. The van der Waals surface area contributed by atoms with Crippen molar-refractivity contribution in [2.45, 2.75) is 38.5 Å². The summed E-state index contributed by atoms with van der Waals surface area (Å²) in [4.78, 5) is 24.6. The average molecular weight is 288 g/mol. The summed E-state index contributed by atoms with van der Waals surface area (Å²) in [7, 11) is 3.17. The highest BCUT2D eigenvalue weighted by Gasteiger charge is 2.36. The predicted molar refractivity (Wildman–Crippen MR) is 72.6 cm³/mol. The van der Waals surface area contributed by atoms with Crippen molar-refractivity contribution in [2.75, 3.05) is 27.3 Å². The molecule has 1 saturated heterocycles. The van der Waals surface area contributed by atoms with Crippen LogP contribution in [0.5, 0.6) is 0 Å². The van der Waals surface area contributed by atoms with Crippen molar-refractivity contribution >= 4 is 12.0 Å². The van der Waals surface area contributed by atoms with Crippen molar-refractivity contribution in [3.05, 3.63) is 0 Å². The van der Waals surface area contributed by atoms with E-state index >= 15 is 0 Å². The largest absolute Gasteiger partial charge is 0.481 e. The van der Waals surface area contributed by atoms with Gasteiger partial charge in [-0.15, -0.1) is 0 Å². The SMILES string of the molecule is COC1CN(C(=O)NC(CC(=O)O)C(C)C)CC1OC. The van der Waals surface area contributed by atoms with E-state index in [1.165, 1.54) is 0 Å². The van der Waals surface area contributed by atoms with Crippen molar-refractivity contribution in [2.24, 2.45) is 5.92 Å². The molecular weight excluding hydrogens is 264 g/mol. The van der Waals surface area contributed by atoms with Gasteiger partial charge in [0.05, 0.1) is 19.5 Å². The quantitative estimate of drug-likeness (QED) is 0.745. The number of amides is 2. The number of carboxylic acid groups (broad SMARTS) is 1. The molecule has 1 aliphatic heterocycles. The fraction of sp³-hybridized carbons (Fsp3) is 0.846. The fourth-order valence-electron chi connectivity index (χ4n) is 2.25. The smallest absolute Gasteiger partial charge is 0.317 e. The third-order valence-electron chi connectivity index (χ3n) is 3.62. The predicted octanol–water partition coefficient (Wildman–Crippen LogP) is 0.541. The number of rotatable bonds is 6. The van der Waals surface area contributed by atoms with Gasteiger partial charge in [-0.05, 0) is 5.92 Å². The number of likely N-dealkylation sites (tertiary alicyclic amines) is 1. The lowest BCUT2D eigenvalue weighted by atomic mass is 10.0. The number of methoxy groups -OCH3 is 2. The third-order valence-corrected chi connectivity index (χ3v) is 3.62. The number of carboxylic acids is 1. The van der Waals surface area contributed by atoms with Crippen molar-refractivity contribution in [1.82, 2.24) is 10.2 Å². The van der Waals surface area contributed by atoms with Gasteiger partial charge in [-0.3, -0.25) is 4.79 Å². The Balaban J connectivity index is 2.59. The molecule has 7 nitrogen and oxygen atoms in total. The Labute approximate surface area is 119 Å². The molecule has 20 heavy (non-hydrogen) atoms. The molecule has 2 amide bonds. The number of aliphatic carboxylic acids is 1. The van der Waals surface area contributed by atoms with Crippen LogP contribution in [0, 0.1) is 5.92 Å². The van der Waals surface area contributed by atoms with Gasteiger partial charge in [0.15, 0.2) is 0 Å². The minimum atomic E-state index is -0.921. The fourth-order valence-corrected chi connectivity index (χ4v) is 2.25. The van der Waals surface area contributed by atoms with Gasteiger partial charge in [-0.1, -0.05) is 13.8 Å². The molecule has 0 bridgehead atoms. The molecule has 0 aromatic heterocycles. The molecule has 1 rings (SSSR count). The number of nitrogens with one attached hydrogen (secondary N) is 1. The van der Waals surface area contributed by atoms with Crippen LogP contribution in [-0.4, -0.2) is 67.6 Å². The number of nitrogens with zero attached hydrogens (tertiary/aromatic N) is 1. The van der Waals surface area contributed by atoms with Crippen LogP contribution in [0.2, 0.25) is 0 Å². The monoisotopic (exact) mass is 288 g/mol. The Morgan fingerprint density at radius 1 is 1.25 bits per heavy atom. The highest BCUT2D eigenvalue weighted by Crippen LogP contribution is 2.16. The van der Waals surface area contributed by atoms with E-state index in [2.05, 4.69) is 5.32 Å². The lowest BCUT2D eigenvalue weighted by Gasteiger charge is -2.24. The zero-order valence-corrected chi connectivity index (χ0v) is 12.5. The molecule has 1 heterocycles. The maximum atomic E-state index is 12.2. The minimum Gasteiger partial charge on any atom is -0.481 e. The Morgan fingerprint density at radius 2 is 1.75 bits per heavy atom. The van der Waals surface area contributed by atoms with Crippen LogP contribution in [0.25, 0.3) is 0 Å². The molecule has 1 fully saturated rings. The first-order valence-electron chi connectivity index (χ1n) is 6.71. The molecule has 2 N–H and O–H groups in total. The van der Waals surface area contributed by atoms with E-state index in [-0.39, 0.29) is 36.6 Å². The maximum absolute atomic E-state index is 12.2. The summed E-state index contributed by atoms with van der Waals surface area (Å²) in [5.41, 5.74) is 0. The lowest BCUT2D eigenvalue weighted by Crippen LogP contribution is -2.47. The Hall–Kier alpha value is -1.34. The van der Waals surface area contributed by atoms with E-state index in [4.69, 9.17) is 14.6 Å². The van der Waals surface area contributed by atoms with Crippen LogP contribution in [0.1, 0.15) is 20.3 Å². The molecule has 0 radical (unpaired) electrons. The van der Waals surface area contributed by atoms with Crippen molar-refractivity contribution in [1.29, 1.82) is 0 Å². The molecular formula is C13H24N2O5. The second kappa shape index (κ2) is 7.44. The van der Waals surface area contributed by atoms with Crippen LogP contribution in [0.4, 0.5) is 4.79 Å². The number of ether oxygens (including phenoxy) is 2. The van der Waals surface area contributed by atoms with Crippen LogP contribution < -0.4 is 5.32 Å². The Morgan fingerprint density at radius 3 is 2.10 bits per heavy atom. The van der Waals surface area contributed by atoms with Crippen LogP contribution in [0.15, 0.2) is 0 Å². The van der Waals surface area contributed by atoms with Gasteiger partial charge < -0.3 is 24.8 Å². The normalized spacial score (nSPS) is 23.9. The Kier molecular flexibility index (Phi) is 6.22. The molecule has 3 unspecified atom stereocenters. The van der Waals surface area contributed by atoms with Gasteiger partial charge >= 0.3 is 12.0 Å². The highest BCUT2D eigenvalue weighted by molar-refractivity contribution is 5.76. The molecule has 0 aromatic rings. The Bertz CT molecular complexity index is 336. The van der Waals surface area contributed by atoms with Gasteiger partial charge in [0.1, 0.15) is 12.2 Å². The molecule has 0 spiro atoms. The highest BCUT2D eigenvalue weighted by atomic mass is 16.5. The summed E-state index contributed by atoms with van der Waals surface area (Å²) in [6, 6.07) is -0.658. The zero-order valence-electron chi connectivity index (χ0n) is 12.5. The van der Waals surface area contributed by atoms with Gasteiger partial charge in [0, 0.05) is 20.3 Å². The van der Waals surface area contributed by atoms with Gasteiger partial charge in [0.2, 0.25) is 0 Å². The van der Waals surface area contributed by atoms with E-state index in [0.29, 0.717) is 13.1 Å². The lowest BCUT2D eigenvalue weighted by molar-refractivity contribution is -0.137. The van der Waals surface area contributed by atoms with Crippen LogP contribution in [-0.2, 0) is 14.3 Å². The van der Waals surface area contributed by atoms with Crippen LogP contribution in [0.3, 0.4) is 0 Å². The van der Waals surface area contributed by atoms with Crippen molar-refractivity contribution < 1.29 is 24.2 Å². The van der Waals surface area contributed by atoms with E-state index < -0.39 is 5.97 Å². The van der Waals surface area contributed by atoms with Crippen molar-refractivity contribution in [3.63, 3.8) is 0 Å². The summed E-state index contributed by atoms with van der Waals surface area (Å²) in [5.74, 6) is -0.871. The molecule has 0 saturated carbocycles. The third kappa shape index (κ3) is 4.35. The van der Waals surface area contributed by atoms with E-state index in [0.717, 1.165) is 0 Å². The van der Waals surface area contributed by atoms with E-state index in [9.17, 15) is 9.59 Å². The first-order chi connectivity index (χ1) is 9.38. The van der Waals surface area contributed by atoms with Crippen molar-refractivity contribution in [3.8, 4) is 0 Å². The number of hydrogen-bond acceptors (Lipinski definition) is 4. The minimum absolute atomic E-state index is 0.0501. The zero-order chi connectivity index (χ0) is 15.3. The molecule has 0 aliphatic carbocycles. The topological polar surface area (TPSA) is 88.1 Å². The van der Waals surface area contributed by atoms with Gasteiger partial charge in [0.25, 0.3) is 0 Å². The van der Waals surface area contributed by atoms with Gasteiger partial charge in [-0.2, -0.15) is 0 Å². The first-order valence-corrected chi connectivity index (χ1v) is 6.71. The maximum Gasteiger partial charge on any atom is 0.317 e. The van der Waals surface area contributed by atoms with E-state index in [1.807, 2.05) is 13.8 Å². The molecule has 7 heteroatoms. The number of urea groups is 1. The summed E-state index contributed by atoms with van der Waals surface area (Å²) in [5, 5.41) is 11.6. The molecule has 116 valence electrons. The average Bonchev–Trinajstić information content (AvgIpc) is 2.80. The molecule has 3 atom stereocenters. The summed E-state index contributed by atoms with van der Waals surface area (Å²) in [6.07, 6.45) is -0.385. The second-order valence-corrected chi connectivity index (χ2v) is 5.35. The first kappa shape index (κ1) is 16.7. The van der Waals surface area contributed by atoms with Gasteiger partial charge in [-0.25, -0.2) is 4.79 Å². The van der Waals surface area contributed by atoms with Crippen LogP contribution >= 0.6 is 0 Å². The summed E-state index contributed by atoms with van der Waals surface area (Å²) in [6.45, 7) is 4.65. The number of hydrogen-bond donors (Lipinski definition) is 2. The number of carbonyl (C=O) groups is 2. The molecule has 1 aliphatic rings. The standard InChI is InChI=1S/C13H24N2O5/c1-8(2)9(5-12(16)17)14-13(18)15-6-10(19-3)11(7-15)20-4/h8-11H,5-7H2,1-4H3,(H,14,18)(H,16,17). The number of carbonyl (C=O) groups excluding carboxylic acids is 1. The second-order valence-electron chi connectivity index (χ2n) is 5.35. The van der Waals surface area contributed by atoms with E-state index in [1.54, 1.807) is 19.1 Å². The summed E-state index contributed by atoms with van der Waals surface area (Å²) < 4.78 is 10.5.